The van der Waals surface area contributed by atoms with E-state index in [0.717, 1.165) is 31.2 Å². The molecular weight excluding hydrogens is 321 g/mol. The largest absolute Gasteiger partial charge is 0.351 e. The van der Waals surface area contributed by atoms with Gasteiger partial charge in [-0.15, -0.1) is 0 Å². The maximum Gasteiger partial charge on any atom is 0.351 e. The third-order valence-electron chi connectivity index (χ3n) is 4.38. The molecule has 0 spiro atoms. The van der Waals surface area contributed by atoms with Gasteiger partial charge in [0, 0.05) is 6.04 Å². The average molecular weight is 353 g/mol. The first-order chi connectivity index (χ1) is 11.7. The molecule has 1 atom stereocenters. The van der Waals surface area contributed by atoms with E-state index in [0.29, 0.717) is 19.3 Å². The molecule has 1 saturated carbocycles. The van der Waals surface area contributed by atoms with E-state index in [9.17, 15) is 4.57 Å². The lowest BCUT2D eigenvalue weighted by molar-refractivity contribution is 0.188. The summed E-state index contributed by atoms with van der Waals surface area (Å²) >= 11 is 0. The smallest absolute Gasteiger partial charge is 0.307 e. The van der Waals surface area contributed by atoms with Crippen molar-refractivity contribution in [1.82, 2.24) is 5.32 Å². The van der Waals surface area contributed by atoms with Gasteiger partial charge in [-0.3, -0.25) is 9.88 Å². The van der Waals surface area contributed by atoms with Crippen LogP contribution in [0.5, 0.6) is 0 Å². The summed E-state index contributed by atoms with van der Waals surface area (Å²) in [6.07, 6.45) is 7.67. The fraction of sp³-hybridized carbons (Fsp3) is 0.684. The minimum Gasteiger partial charge on any atom is -0.307 e. The van der Waals surface area contributed by atoms with E-state index in [1.165, 1.54) is 19.3 Å². The van der Waals surface area contributed by atoms with E-state index in [2.05, 4.69) is 5.32 Å². The predicted octanol–water partition coefficient (Wildman–Crippen LogP) is 5.65. The number of rotatable bonds is 10. The molecule has 0 heterocycles. The Bertz CT molecular complexity index is 491. The van der Waals surface area contributed by atoms with Gasteiger partial charge in [-0.2, -0.15) is 0 Å². The van der Waals surface area contributed by atoms with Crippen LogP contribution < -0.4 is 5.32 Å². The van der Waals surface area contributed by atoms with Gasteiger partial charge in [-0.05, 0) is 31.2 Å². The van der Waals surface area contributed by atoms with Gasteiger partial charge in [-0.1, -0.05) is 63.4 Å². The normalized spacial score (nSPS) is 17.8. The van der Waals surface area contributed by atoms with Crippen LogP contribution in [0.25, 0.3) is 0 Å². The minimum absolute atomic E-state index is 0.382. The van der Waals surface area contributed by atoms with E-state index in [1.807, 2.05) is 44.2 Å². The zero-order chi connectivity index (χ0) is 17.3. The lowest BCUT2D eigenvalue weighted by Crippen LogP contribution is -2.35. The molecule has 0 amide bonds. The van der Waals surface area contributed by atoms with Gasteiger partial charge in [0.15, 0.2) is 0 Å². The minimum atomic E-state index is -3.26. The van der Waals surface area contributed by atoms with E-state index in [-0.39, 0.29) is 5.78 Å². The van der Waals surface area contributed by atoms with Crippen molar-refractivity contribution in [3.8, 4) is 0 Å². The number of nitrogens with one attached hydrogen (secondary N) is 1. The predicted molar refractivity (Wildman–Crippen MR) is 99.3 cm³/mol. The van der Waals surface area contributed by atoms with Gasteiger partial charge < -0.3 is 9.05 Å². The van der Waals surface area contributed by atoms with Gasteiger partial charge >= 0.3 is 7.60 Å². The Kier molecular flexibility index (Phi) is 8.48. The maximum absolute atomic E-state index is 13.6. The van der Waals surface area contributed by atoms with Gasteiger partial charge in [-0.25, -0.2) is 0 Å². The maximum atomic E-state index is 13.6. The highest BCUT2D eigenvalue weighted by molar-refractivity contribution is 7.54. The highest BCUT2D eigenvalue weighted by atomic mass is 31.2. The second-order valence-electron chi connectivity index (χ2n) is 6.52. The second-order valence-corrected chi connectivity index (χ2v) is 8.63. The summed E-state index contributed by atoms with van der Waals surface area (Å²) in [4.78, 5) is 0. The van der Waals surface area contributed by atoms with Crippen LogP contribution in [0.3, 0.4) is 0 Å². The molecule has 1 aliphatic rings. The highest BCUT2D eigenvalue weighted by Crippen LogP contribution is 2.60. The number of benzene rings is 1. The van der Waals surface area contributed by atoms with Crippen molar-refractivity contribution in [3.63, 3.8) is 0 Å². The molecule has 1 unspecified atom stereocenters. The van der Waals surface area contributed by atoms with Crippen LogP contribution in [0.2, 0.25) is 0 Å². The molecule has 2 rings (SSSR count). The fourth-order valence-electron chi connectivity index (χ4n) is 3.12. The Morgan fingerprint density at radius 2 is 1.62 bits per heavy atom. The third kappa shape index (κ3) is 5.70. The van der Waals surface area contributed by atoms with E-state index < -0.39 is 7.60 Å². The summed E-state index contributed by atoms with van der Waals surface area (Å²) in [7, 11) is -3.26. The van der Waals surface area contributed by atoms with Crippen LogP contribution in [0.4, 0.5) is 0 Å². The van der Waals surface area contributed by atoms with E-state index in [4.69, 9.17) is 9.05 Å². The van der Waals surface area contributed by atoms with Crippen molar-refractivity contribution >= 4 is 7.60 Å². The van der Waals surface area contributed by atoms with Crippen molar-refractivity contribution < 1.29 is 13.6 Å². The molecule has 24 heavy (non-hydrogen) atoms. The standard InChI is InChI=1S/C19H32NO3P/c1-3-15-22-24(21,23-16-4-2)19(17-11-7-5-8-12-17)20-18-13-9-6-10-14-18/h5,7-8,11-12,18-20H,3-4,6,9-10,13-16H2,1-2H3. The van der Waals surface area contributed by atoms with E-state index in [1.54, 1.807) is 0 Å². The van der Waals surface area contributed by atoms with Crippen molar-refractivity contribution in [2.45, 2.75) is 70.6 Å². The SMILES string of the molecule is CCCOP(=O)(OCCC)C(NC1CCCCC1)c1ccccc1. The first-order valence-electron chi connectivity index (χ1n) is 9.39. The second kappa shape index (κ2) is 10.4. The van der Waals surface area contributed by atoms with Gasteiger partial charge in [0.25, 0.3) is 0 Å². The molecule has 1 fully saturated rings. The van der Waals surface area contributed by atoms with Crippen LogP contribution in [0, 0.1) is 0 Å². The zero-order valence-electron chi connectivity index (χ0n) is 15.1. The van der Waals surface area contributed by atoms with Crippen molar-refractivity contribution in [2.75, 3.05) is 13.2 Å². The molecule has 4 nitrogen and oxygen atoms in total. The molecule has 0 radical (unpaired) electrons. The molecule has 136 valence electrons. The number of hydrogen-bond acceptors (Lipinski definition) is 4. The average Bonchev–Trinajstić information content (AvgIpc) is 2.64. The molecule has 1 aromatic rings. The van der Waals surface area contributed by atoms with Crippen molar-refractivity contribution in [1.29, 1.82) is 0 Å². The summed E-state index contributed by atoms with van der Waals surface area (Å²) in [6, 6.07) is 10.3. The number of hydrogen-bond donors (Lipinski definition) is 1. The molecule has 1 aromatic carbocycles. The van der Waals surface area contributed by atoms with Crippen LogP contribution in [-0.2, 0) is 13.6 Å². The monoisotopic (exact) mass is 353 g/mol. The lowest BCUT2D eigenvalue weighted by atomic mass is 9.95. The van der Waals surface area contributed by atoms with E-state index >= 15 is 0 Å². The van der Waals surface area contributed by atoms with Crippen molar-refractivity contribution in [3.05, 3.63) is 35.9 Å². The van der Waals surface area contributed by atoms with Crippen LogP contribution in [-0.4, -0.2) is 19.3 Å². The van der Waals surface area contributed by atoms with Gasteiger partial charge in [0.1, 0.15) is 5.78 Å². The lowest BCUT2D eigenvalue weighted by Gasteiger charge is -2.33. The molecule has 0 aromatic heterocycles. The quantitative estimate of drug-likeness (QED) is 0.552. The molecular formula is C19H32NO3P. The molecule has 0 aliphatic heterocycles. The summed E-state index contributed by atoms with van der Waals surface area (Å²) in [5, 5.41) is 3.62. The zero-order valence-corrected chi connectivity index (χ0v) is 16.0. The Labute approximate surface area is 146 Å². The Morgan fingerprint density at radius 3 is 2.17 bits per heavy atom. The molecule has 5 heteroatoms. The Hall–Kier alpha value is -0.670. The van der Waals surface area contributed by atoms with Crippen LogP contribution in [0.15, 0.2) is 30.3 Å². The summed E-state index contributed by atoms with van der Waals surface area (Å²) in [5.41, 5.74) is 0.985. The molecule has 0 bridgehead atoms. The first kappa shape index (κ1) is 19.7. The van der Waals surface area contributed by atoms with Gasteiger partial charge in [0.05, 0.1) is 13.2 Å². The molecule has 1 N–H and O–H groups in total. The molecule has 1 aliphatic carbocycles. The summed E-state index contributed by atoms with van der Waals surface area (Å²) < 4.78 is 25.2. The topological polar surface area (TPSA) is 47.6 Å². The van der Waals surface area contributed by atoms with Crippen LogP contribution in [0.1, 0.15) is 70.1 Å². The molecule has 0 saturated heterocycles. The van der Waals surface area contributed by atoms with Crippen molar-refractivity contribution in [2.24, 2.45) is 0 Å². The summed E-state index contributed by atoms with van der Waals surface area (Å²) in [6.45, 7) is 4.96. The van der Waals surface area contributed by atoms with Crippen LogP contribution >= 0.6 is 7.60 Å². The van der Waals surface area contributed by atoms with Gasteiger partial charge in [0.2, 0.25) is 0 Å². The third-order valence-corrected chi connectivity index (χ3v) is 6.55. The Morgan fingerprint density at radius 1 is 1.04 bits per heavy atom. The summed E-state index contributed by atoms with van der Waals surface area (Å²) in [5.74, 6) is -0.389. The first-order valence-corrected chi connectivity index (χ1v) is 11.0. The highest BCUT2D eigenvalue weighted by Gasteiger charge is 2.38. The fourth-order valence-corrected chi connectivity index (χ4v) is 5.30. The Balaban J connectivity index is 2.24.